The third-order valence-corrected chi connectivity index (χ3v) is 3.82. The fourth-order valence-electron chi connectivity index (χ4n) is 1.73. The first-order valence-electron chi connectivity index (χ1n) is 6.75. The summed E-state index contributed by atoms with van der Waals surface area (Å²) in [4.78, 5) is 0. The number of nitrogens with one attached hydrogen (secondary N) is 1. The third kappa shape index (κ3) is 4.47. The van der Waals surface area contributed by atoms with E-state index in [2.05, 4.69) is 27.8 Å². The normalized spacial score (nSPS) is 11.0. The Morgan fingerprint density at radius 3 is 2.71 bits per heavy atom. The topological polar surface area (TPSA) is 55.6 Å². The first-order chi connectivity index (χ1) is 10.2. The van der Waals surface area contributed by atoms with Gasteiger partial charge in [0.2, 0.25) is 5.16 Å². The highest BCUT2D eigenvalue weighted by Gasteiger charge is 2.12. The average molecular weight is 313 g/mol. The lowest BCUT2D eigenvalue weighted by atomic mass is 10.2. The van der Waals surface area contributed by atoms with Crippen LogP contribution in [0.1, 0.15) is 18.9 Å². The van der Waals surface area contributed by atoms with Crippen molar-refractivity contribution in [1.29, 1.82) is 0 Å². The van der Waals surface area contributed by atoms with E-state index in [1.165, 1.54) is 30.0 Å². The second-order valence-electron chi connectivity index (χ2n) is 4.42. The van der Waals surface area contributed by atoms with Crippen LogP contribution in [0.5, 0.6) is 0 Å². The fraction of sp³-hybridized carbons (Fsp3) is 0.462. The number of hydrogen-bond donors (Lipinski definition) is 1. The van der Waals surface area contributed by atoms with Gasteiger partial charge in [0.1, 0.15) is 11.6 Å². The van der Waals surface area contributed by atoms with Crippen LogP contribution in [0.3, 0.4) is 0 Å². The summed E-state index contributed by atoms with van der Waals surface area (Å²) in [6.07, 6.45) is 1.06. The number of tetrazole rings is 1. The summed E-state index contributed by atoms with van der Waals surface area (Å²) in [6, 6.07) is 3.84. The predicted octanol–water partition coefficient (Wildman–Crippen LogP) is 2.24. The number of rotatable bonds is 8. The highest BCUT2D eigenvalue weighted by molar-refractivity contribution is 7.98. The maximum absolute atomic E-state index is 13.5. The van der Waals surface area contributed by atoms with E-state index in [-0.39, 0.29) is 11.3 Å². The molecule has 0 atom stereocenters. The highest BCUT2D eigenvalue weighted by atomic mass is 32.2. The summed E-state index contributed by atoms with van der Waals surface area (Å²) < 4.78 is 28.7. The SMILES string of the molecule is CCCNCCn1nnnc1SCc1c(F)cccc1F. The maximum atomic E-state index is 13.5. The van der Waals surface area contributed by atoms with Gasteiger partial charge in [-0.1, -0.05) is 24.8 Å². The van der Waals surface area contributed by atoms with Crippen molar-refractivity contribution in [3.63, 3.8) is 0 Å². The van der Waals surface area contributed by atoms with Crippen LogP contribution in [0.4, 0.5) is 8.78 Å². The molecule has 0 aliphatic carbocycles. The van der Waals surface area contributed by atoms with E-state index in [9.17, 15) is 8.78 Å². The van der Waals surface area contributed by atoms with Gasteiger partial charge in [-0.15, -0.1) is 5.10 Å². The molecule has 8 heteroatoms. The molecule has 0 unspecified atom stereocenters. The molecule has 0 aliphatic heterocycles. The van der Waals surface area contributed by atoms with Crippen molar-refractivity contribution in [2.24, 2.45) is 0 Å². The molecule has 0 bridgehead atoms. The molecule has 5 nitrogen and oxygen atoms in total. The van der Waals surface area contributed by atoms with Gasteiger partial charge in [0, 0.05) is 17.9 Å². The number of nitrogens with zero attached hydrogens (tertiary/aromatic N) is 4. The second-order valence-corrected chi connectivity index (χ2v) is 5.37. The van der Waals surface area contributed by atoms with Crippen molar-refractivity contribution in [1.82, 2.24) is 25.5 Å². The van der Waals surface area contributed by atoms with E-state index in [1.807, 2.05) is 0 Å². The van der Waals surface area contributed by atoms with Crippen LogP contribution in [0.15, 0.2) is 23.4 Å². The van der Waals surface area contributed by atoms with E-state index in [1.54, 1.807) is 4.68 Å². The van der Waals surface area contributed by atoms with Gasteiger partial charge in [0.25, 0.3) is 0 Å². The van der Waals surface area contributed by atoms with Gasteiger partial charge in [-0.25, -0.2) is 13.5 Å². The van der Waals surface area contributed by atoms with E-state index in [0.717, 1.165) is 19.5 Å². The monoisotopic (exact) mass is 313 g/mol. The molecule has 0 radical (unpaired) electrons. The molecule has 21 heavy (non-hydrogen) atoms. The van der Waals surface area contributed by atoms with Crippen LogP contribution in [0, 0.1) is 11.6 Å². The molecule has 0 aliphatic rings. The van der Waals surface area contributed by atoms with Crippen LogP contribution in [0.2, 0.25) is 0 Å². The molecule has 0 fully saturated rings. The summed E-state index contributed by atoms with van der Waals surface area (Å²) >= 11 is 1.22. The van der Waals surface area contributed by atoms with Gasteiger partial charge in [0.05, 0.1) is 6.54 Å². The minimum absolute atomic E-state index is 0.0427. The molecule has 114 valence electrons. The third-order valence-electron chi connectivity index (χ3n) is 2.83. The van der Waals surface area contributed by atoms with Gasteiger partial charge < -0.3 is 5.32 Å². The standard InChI is InChI=1S/C13H17F2N5S/c1-2-6-16-7-8-20-13(17-18-19-20)21-9-10-11(14)4-3-5-12(10)15/h3-5,16H,2,6-9H2,1H3. The van der Waals surface area contributed by atoms with Gasteiger partial charge in [0.15, 0.2) is 0 Å². The lowest BCUT2D eigenvalue weighted by Gasteiger charge is -2.06. The molecule has 1 N–H and O–H groups in total. The Balaban J connectivity index is 1.93. The highest BCUT2D eigenvalue weighted by Crippen LogP contribution is 2.23. The molecule has 1 aromatic heterocycles. The molecule has 0 spiro atoms. The zero-order valence-electron chi connectivity index (χ0n) is 11.7. The largest absolute Gasteiger partial charge is 0.315 e. The number of hydrogen-bond acceptors (Lipinski definition) is 5. The summed E-state index contributed by atoms with van der Waals surface area (Å²) in [5.74, 6) is -0.946. The lowest BCUT2D eigenvalue weighted by molar-refractivity contribution is 0.510. The summed E-state index contributed by atoms with van der Waals surface area (Å²) in [6.45, 7) is 4.40. The molecule has 1 heterocycles. The Morgan fingerprint density at radius 1 is 1.24 bits per heavy atom. The molecule has 0 amide bonds. The van der Waals surface area contributed by atoms with Crippen LogP contribution < -0.4 is 5.32 Å². The number of benzene rings is 1. The van der Waals surface area contributed by atoms with Crippen molar-refractivity contribution >= 4 is 11.8 Å². The number of thioether (sulfide) groups is 1. The summed E-state index contributed by atoms with van der Waals surface area (Å²) in [5, 5.41) is 15.2. The number of aromatic nitrogens is 4. The van der Waals surface area contributed by atoms with Gasteiger partial charge >= 0.3 is 0 Å². The van der Waals surface area contributed by atoms with E-state index in [0.29, 0.717) is 11.7 Å². The molecular weight excluding hydrogens is 296 g/mol. The molecule has 1 aromatic carbocycles. The molecular formula is C13H17F2N5S. The zero-order chi connectivity index (χ0) is 15.1. The zero-order valence-corrected chi connectivity index (χ0v) is 12.5. The Bertz CT molecular complexity index is 555. The smallest absolute Gasteiger partial charge is 0.209 e. The minimum Gasteiger partial charge on any atom is -0.315 e. The maximum Gasteiger partial charge on any atom is 0.209 e. The molecule has 2 rings (SSSR count). The molecule has 0 saturated heterocycles. The summed E-state index contributed by atoms with van der Waals surface area (Å²) in [7, 11) is 0. The van der Waals surface area contributed by atoms with Gasteiger partial charge in [-0.3, -0.25) is 0 Å². The van der Waals surface area contributed by atoms with Crippen molar-refractivity contribution in [3.8, 4) is 0 Å². The van der Waals surface area contributed by atoms with Gasteiger partial charge in [-0.05, 0) is 35.5 Å². The summed E-state index contributed by atoms with van der Waals surface area (Å²) in [5.41, 5.74) is 0.0427. The Morgan fingerprint density at radius 2 is 2.00 bits per heavy atom. The van der Waals surface area contributed by atoms with Crippen LogP contribution >= 0.6 is 11.8 Å². The van der Waals surface area contributed by atoms with Crippen molar-refractivity contribution in [2.45, 2.75) is 30.8 Å². The van der Waals surface area contributed by atoms with Crippen molar-refractivity contribution < 1.29 is 8.78 Å². The molecule has 2 aromatic rings. The first kappa shape index (κ1) is 15.8. The van der Waals surface area contributed by atoms with E-state index >= 15 is 0 Å². The van der Waals surface area contributed by atoms with Crippen LogP contribution in [-0.4, -0.2) is 33.3 Å². The lowest BCUT2D eigenvalue weighted by Crippen LogP contribution is -2.21. The molecule has 0 saturated carbocycles. The second kappa shape index (κ2) is 8.04. The minimum atomic E-state index is -0.550. The van der Waals surface area contributed by atoms with Crippen LogP contribution in [0.25, 0.3) is 0 Å². The Kier molecular flexibility index (Phi) is 6.06. The Labute approximate surface area is 126 Å². The predicted molar refractivity (Wildman–Crippen MR) is 76.9 cm³/mol. The Hall–Kier alpha value is -1.54. The van der Waals surface area contributed by atoms with E-state index in [4.69, 9.17) is 0 Å². The first-order valence-corrected chi connectivity index (χ1v) is 7.73. The number of halogens is 2. The van der Waals surface area contributed by atoms with Crippen LogP contribution in [-0.2, 0) is 12.3 Å². The average Bonchev–Trinajstić information content (AvgIpc) is 2.91. The fourth-order valence-corrected chi connectivity index (χ4v) is 2.65. The van der Waals surface area contributed by atoms with Crippen molar-refractivity contribution in [3.05, 3.63) is 35.4 Å². The van der Waals surface area contributed by atoms with Crippen molar-refractivity contribution in [2.75, 3.05) is 13.1 Å². The van der Waals surface area contributed by atoms with Gasteiger partial charge in [-0.2, -0.15) is 0 Å². The van der Waals surface area contributed by atoms with E-state index < -0.39 is 11.6 Å². The quantitative estimate of drug-likeness (QED) is 0.598.